The third-order valence-electron chi connectivity index (χ3n) is 4.44. The zero-order chi connectivity index (χ0) is 21.5. The van der Waals surface area contributed by atoms with Crippen LogP contribution in [0.4, 0.5) is 5.69 Å². The van der Waals surface area contributed by atoms with Crippen molar-refractivity contribution in [3.63, 3.8) is 0 Å². The highest BCUT2D eigenvalue weighted by molar-refractivity contribution is 14.1. The van der Waals surface area contributed by atoms with Gasteiger partial charge in [0.1, 0.15) is 4.32 Å². The summed E-state index contributed by atoms with van der Waals surface area (Å²) in [7, 11) is 0. The monoisotopic (exact) mass is 570 g/mol. The van der Waals surface area contributed by atoms with Crippen LogP contribution in [0.25, 0.3) is 6.08 Å². The summed E-state index contributed by atoms with van der Waals surface area (Å²) in [4.78, 5) is 27.0. The van der Waals surface area contributed by atoms with Crippen molar-refractivity contribution in [2.24, 2.45) is 0 Å². The summed E-state index contributed by atoms with van der Waals surface area (Å²) in [6.45, 7) is 0.571. The molecule has 0 saturated carbocycles. The summed E-state index contributed by atoms with van der Waals surface area (Å²) in [5.41, 5.74) is 1.73. The summed E-state index contributed by atoms with van der Waals surface area (Å²) in [6, 6.07) is 15.0. The molecule has 156 valence electrons. The van der Waals surface area contributed by atoms with Gasteiger partial charge in [0.25, 0.3) is 5.91 Å². The normalized spacial score (nSPS) is 15.1. The van der Waals surface area contributed by atoms with E-state index in [9.17, 15) is 9.59 Å². The van der Waals surface area contributed by atoms with E-state index in [0.29, 0.717) is 27.2 Å². The van der Waals surface area contributed by atoms with Gasteiger partial charge < -0.3 is 5.32 Å². The van der Waals surface area contributed by atoms with E-state index in [1.165, 1.54) is 11.8 Å². The molecule has 0 spiro atoms. The lowest BCUT2D eigenvalue weighted by Gasteiger charge is -2.14. The molecule has 30 heavy (non-hydrogen) atoms. The molecule has 2 aromatic carbocycles. The number of anilines is 1. The van der Waals surface area contributed by atoms with Gasteiger partial charge in [-0.2, -0.15) is 0 Å². The fraction of sp³-hybridized carbons (Fsp3) is 0.227. The standard InChI is InChI=1S/C22H20ClIN2O2S2/c23-16-10-8-15(9-11-16)13-19-21(28)26(22(29)30-19)12-3-1-2-7-20(27)25-18-6-4-5-17(24)14-18/h4-6,8-11,13-14H,1-3,7,12H2,(H,25,27)/b19-13-. The first-order chi connectivity index (χ1) is 14.4. The second-order valence-electron chi connectivity index (χ2n) is 6.75. The Balaban J connectivity index is 1.41. The SMILES string of the molecule is O=C(CCCCCN1C(=O)/C(=C/c2ccc(Cl)cc2)SC1=S)Nc1cccc(I)c1. The highest BCUT2D eigenvalue weighted by atomic mass is 127. The molecule has 1 saturated heterocycles. The number of halogens is 2. The smallest absolute Gasteiger partial charge is 0.266 e. The van der Waals surface area contributed by atoms with Gasteiger partial charge in [0.2, 0.25) is 5.91 Å². The van der Waals surface area contributed by atoms with Crippen LogP contribution < -0.4 is 5.32 Å². The molecule has 0 bridgehead atoms. The van der Waals surface area contributed by atoms with E-state index in [1.807, 2.05) is 42.5 Å². The maximum absolute atomic E-state index is 12.6. The molecule has 3 rings (SSSR count). The van der Waals surface area contributed by atoms with E-state index in [2.05, 4.69) is 27.9 Å². The minimum atomic E-state index is -0.0589. The van der Waals surface area contributed by atoms with Crippen molar-refractivity contribution < 1.29 is 9.59 Å². The molecule has 1 N–H and O–H groups in total. The molecule has 1 aliphatic rings. The van der Waals surface area contributed by atoms with Crippen molar-refractivity contribution in [1.82, 2.24) is 4.90 Å². The first-order valence-corrected chi connectivity index (χ1v) is 12.2. The Hall–Kier alpha value is -1.42. The van der Waals surface area contributed by atoms with Crippen LogP contribution in [0, 0.1) is 3.57 Å². The summed E-state index contributed by atoms with van der Waals surface area (Å²) >= 11 is 14.8. The molecule has 0 atom stereocenters. The third kappa shape index (κ3) is 6.80. The average Bonchev–Trinajstić information content (AvgIpc) is 2.96. The predicted molar refractivity (Wildman–Crippen MR) is 138 cm³/mol. The van der Waals surface area contributed by atoms with Crippen LogP contribution in [0.1, 0.15) is 31.2 Å². The fourth-order valence-electron chi connectivity index (χ4n) is 2.93. The van der Waals surface area contributed by atoms with Crippen molar-refractivity contribution in [3.8, 4) is 0 Å². The Labute approximate surface area is 204 Å². The molecule has 4 nitrogen and oxygen atoms in total. The van der Waals surface area contributed by atoms with Crippen LogP contribution in [0.15, 0.2) is 53.4 Å². The fourth-order valence-corrected chi connectivity index (χ4v) is 4.90. The van der Waals surface area contributed by atoms with Crippen LogP contribution in [0.5, 0.6) is 0 Å². The highest BCUT2D eigenvalue weighted by Gasteiger charge is 2.31. The van der Waals surface area contributed by atoms with Crippen molar-refractivity contribution >= 4 is 86.1 Å². The second kappa shape index (κ2) is 11.3. The number of amides is 2. The lowest BCUT2D eigenvalue weighted by molar-refractivity contribution is -0.122. The van der Waals surface area contributed by atoms with Crippen LogP contribution in [-0.2, 0) is 9.59 Å². The Morgan fingerprint density at radius 2 is 1.93 bits per heavy atom. The molecule has 0 aliphatic carbocycles. The minimum absolute atomic E-state index is 0.00788. The first-order valence-electron chi connectivity index (χ1n) is 9.49. The summed E-state index contributed by atoms with van der Waals surface area (Å²) in [6.07, 6.45) is 4.72. The Morgan fingerprint density at radius 1 is 1.17 bits per heavy atom. The number of hydrogen-bond acceptors (Lipinski definition) is 4. The van der Waals surface area contributed by atoms with Gasteiger partial charge in [-0.15, -0.1) is 0 Å². The molecule has 8 heteroatoms. The van der Waals surface area contributed by atoms with Crippen LogP contribution in [0.3, 0.4) is 0 Å². The van der Waals surface area contributed by atoms with Crippen molar-refractivity contribution in [2.75, 3.05) is 11.9 Å². The van der Waals surface area contributed by atoms with Crippen molar-refractivity contribution in [3.05, 3.63) is 67.6 Å². The number of rotatable bonds is 8. The lowest BCUT2D eigenvalue weighted by atomic mass is 10.1. The van der Waals surface area contributed by atoms with Gasteiger partial charge >= 0.3 is 0 Å². The summed E-state index contributed by atoms with van der Waals surface area (Å²) < 4.78 is 1.66. The molecular formula is C22H20ClIN2O2S2. The Kier molecular flexibility index (Phi) is 8.73. The van der Waals surface area contributed by atoms with Crippen molar-refractivity contribution in [2.45, 2.75) is 25.7 Å². The van der Waals surface area contributed by atoms with E-state index in [0.717, 1.165) is 34.1 Å². The number of nitrogens with zero attached hydrogens (tertiary/aromatic N) is 1. The molecule has 1 fully saturated rings. The topological polar surface area (TPSA) is 49.4 Å². The van der Waals surface area contributed by atoms with E-state index in [4.69, 9.17) is 23.8 Å². The Morgan fingerprint density at radius 3 is 2.67 bits per heavy atom. The minimum Gasteiger partial charge on any atom is -0.326 e. The van der Waals surface area contributed by atoms with Crippen molar-refractivity contribution in [1.29, 1.82) is 0 Å². The maximum atomic E-state index is 12.6. The van der Waals surface area contributed by atoms with Gasteiger partial charge in [-0.1, -0.05) is 60.2 Å². The van der Waals surface area contributed by atoms with Gasteiger partial charge in [0.15, 0.2) is 0 Å². The third-order valence-corrected chi connectivity index (χ3v) is 6.74. The maximum Gasteiger partial charge on any atom is 0.266 e. The van der Waals surface area contributed by atoms with Gasteiger partial charge in [0.05, 0.1) is 4.91 Å². The van der Waals surface area contributed by atoms with Gasteiger partial charge in [0, 0.05) is 27.2 Å². The second-order valence-corrected chi connectivity index (χ2v) is 10.1. The van der Waals surface area contributed by atoms with Crippen LogP contribution in [0.2, 0.25) is 5.02 Å². The molecule has 0 unspecified atom stereocenters. The number of nitrogens with one attached hydrogen (secondary N) is 1. The molecule has 0 radical (unpaired) electrons. The number of benzene rings is 2. The number of thioether (sulfide) groups is 1. The zero-order valence-electron chi connectivity index (χ0n) is 16.1. The van der Waals surface area contributed by atoms with Gasteiger partial charge in [-0.25, -0.2) is 0 Å². The number of carbonyl (C=O) groups is 2. The largest absolute Gasteiger partial charge is 0.326 e. The van der Waals surface area contributed by atoms with Gasteiger partial charge in [-0.05, 0) is 77.4 Å². The number of hydrogen-bond donors (Lipinski definition) is 1. The van der Waals surface area contributed by atoms with E-state index >= 15 is 0 Å². The molecule has 1 aliphatic heterocycles. The predicted octanol–water partition coefficient (Wildman–Crippen LogP) is 6.34. The summed E-state index contributed by atoms with van der Waals surface area (Å²) in [5, 5.41) is 3.57. The quantitative estimate of drug-likeness (QED) is 0.174. The average molecular weight is 571 g/mol. The summed E-state index contributed by atoms with van der Waals surface area (Å²) in [5.74, 6) is -0.0510. The van der Waals surface area contributed by atoms with Crippen LogP contribution in [-0.4, -0.2) is 27.6 Å². The zero-order valence-corrected chi connectivity index (χ0v) is 20.6. The number of thiocarbonyl (C=S) groups is 1. The van der Waals surface area contributed by atoms with E-state index in [-0.39, 0.29) is 11.8 Å². The highest BCUT2D eigenvalue weighted by Crippen LogP contribution is 2.33. The first kappa shape index (κ1) is 23.2. The molecule has 1 heterocycles. The van der Waals surface area contributed by atoms with E-state index in [1.54, 1.807) is 17.0 Å². The number of carbonyl (C=O) groups excluding carboxylic acids is 2. The molecule has 2 amide bonds. The molecular weight excluding hydrogens is 551 g/mol. The van der Waals surface area contributed by atoms with Crippen LogP contribution >= 0.6 is 58.2 Å². The molecule has 2 aromatic rings. The van der Waals surface area contributed by atoms with E-state index < -0.39 is 0 Å². The Bertz CT molecular complexity index is 979. The lowest BCUT2D eigenvalue weighted by Crippen LogP contribution is -2.29. The molecule has 0 aromatic heterocycles. The van der Waals surface area contributed by atoms with Gasteiger partial charge in [-0.3, -0.25) is 14.5 Å². The number of unbranched alkanes of at least 4 members (excludes halogenated alkanes) is 2.